The summed E-state index contributed by atoms with van der Waals surface area (Å²) < 4.78 is 0. The third-order valence-corrected chi connectivity index (χ3v) is 1.98. The smallest absolute Gasteiger partial charge is 0.0326 e. The maximum Gasteiger partial charge on any atom is 0.0326 e. The first-order valence-corrected chi connectivity index (χ1v) is 3.60. The standard InChI is InChI=1S/C7H13Si/c1-4-5-7(8)6(2)3/h4-7H,1-3H3/b5-4+/t7-/m1/s1. The number of hydrogen-bond acceptors (Lipinski definition) is 0. The molecule has 45 valence electrons. The quantitative estimate of drug-likeness (QED) is 0.392. The van der Waals surface area contributed by atoms with Gasteiger partial charge in [0.15, 0.2) is 0 Å². The Balaban J connectivity index is 3.47. The molecule has 0 aromatic rings. The van der Waals surface area contributed by atoms with E-state index < -0.39 is 0 Å². The molecule has 0 unspecified atom stereocenters. The Bertz CT molecular complexity index is 74.5. The first-order chi connectivity index (χ1) is 3.68. The molecular formula is C7H13Si. The SMILES string of the molecule is C/C=C/[C@@H]([Si])C(C)C. The number of rotatable bonds is 2. The Morgan fingerprint density at radius 1 is 1.38 bits per heavy atom. The minimum atomic E-state index is 0.542. The van der Waals surface area contributed by atoms with Crippen molar-refractivity contribution in [2.24, 2.45) is 5.92 Å². The molecule has 0 bridgehead atoms. The van der Waals surface area contributed by atoms with E-state index in [1.165, 1.54) is 0 Å². The highest BCUT2D eigenvalue weighted by molar-refractivity contribution is 6.13. The largest absolute Gasteiger partial charge is 0.0917 e. The van der Waals surface area contributed by atoms with Crippen molar-refractivity contribution in [2.75, 3.05) is 0 Å². The zero-order valence-corrected chi connectivity index (χ0v) is 6.81. The van der Waals surface area contributed by atoms with Crippen molar-refractivity contribution in [2.45, 2.75) is 26.3 Å². The lowest BCUT2D eigenvalue weighted by Gasteiger charge is -2.07. The predicted octanol–water partition coefficient (Wildman–Crippen LogP) is 2.18. The zero-order chi connectivity index (χ0) is 6.57. The zero-order valence-electron chi connectivity index (χ0n) is 5.81. The highest BCUT2D eigenvalue weighted by atomic mass is 28.1. The lowest BCUT2D eigenvalue weighted by molar-refractivity contribution is 0.662. The van der Waals surface area contributed by atoms with Gasteiger partial charge in [0.25, 0.3) is 0 Å². The van der Waals surface area contributed by atoms with Crippen LogP contribution in [0.25, 0.3) is 0 Å². The van der Waals surface area contributed by atoms with Crippen LogP contribution in [-0.2, 0) is 0 Å². The van der Waals surface area contributed by atoms with E-state index >= 15 is 0 Å². The summed E-state index contributed by atoms with van der Waals surface area (Å²) in [7, 11) is 3.56. The van der Waals surface area contributed by atoms with E-state index in [4.69, 9.17) is 0 Å². The Labute approximate surface area is 55.4 Å². The summed E-state index contributed by atoms with van der Waals surface area (Å²) in [4.78, 5) is 0. The second-order valence-electron chi connectivity index (χ2n) is 2.30. The predicted molar refractivity (Wildman–Crippen MR) is 39.2 cm³/mol. The van der Waals surface area contributed by atoms with Crippen molar-refractivity contribution in [1.29, 1.82) is 0 Å². The van der Waals surface area contributed by atoms with Gasteiger partial charge in [0.2, 0.25) is 0 Å². The molecular weight excluding hydrogens is 112 g/mol. The van der Waals surface area contributed by atoms with Crippen molar-refractivity contribution in [1.82, 2.24) is 0 Å². The minimum Gasteiger partial charge on any atom is -0.0917 e. The Morgan fingerprint density at radius 3 is 2.00 bits per heavy atom. The summed E-state index contributed by atoms with van der Waals surface area (Å²) in [6.07, 6.45) is 4.22. The normalized spacial score (nSPS) is 15.6. The molecule has 0 rings (SSSR count). The Hall–Kier alpha value is -0.0431. The topological polar surface area (TPSA) is 0 Å². The summed E-state index contributed by atoms with van der Waals surface area (Å²) in [6.45, 7) is 6.42. The van der Waals surface area contributed by atoms with E-state index in [0.717, 1.165) is 0 Å². The molecule has 0 aromatic carbocycles. The van der Waals surface area contributed by atoms with Crippen LogP contribution < -0.4 is 0 Å². The molecule has 0 aliphatic rings. The van der Waals surface area contributed by atoms with E-state index in [1.54, 1.807) is 0 Å². The van der Waals surface area contributed by atoms with Crippen LogP contribution >= 0.6 is 0 Å². The average Bonchev–Trinajstić information content (AvgIpc) is 1.67. The fraction of sp³-hybridized carbons (Fsp3) is 0.714. The maximum atomic E-state index is 3.56. The van der Waals surface area contributed by atoms with Crippen LogP contribution in [0, 0.1) is 5.92 Å². The molecule has 0 saturated heterocycles. The van der Waals surface area contributed by atoms with Gasteiger partial charge in [-0.15, -0.1) is 0 Å². The van der Waals surface area contributed by atoms with Gasteiger partial charge in [-0.2, -0.15) is 0 Å². The number of hydrogen-bond donors (Lipinski definition) is 0. The molecule has 0 N–H and O–H groups in total. The summed E-state index contributed by atoms with van der Waals surface area (Å²) >= 11 is 0. The third-order valence-electron chi connectivity index (χ3n) is 1.12. The van der Waals surface area contributed by atoms with Gasteiger partial charge >= 0.3 is 0 Å². The van der Waals surface area contributed by atoms with Gasteiger partial charge in [-0.05, 0) is 18.4 Å². The lowest BCUT2D eigenvalue weighted by Crippen LogP contribution is -1.96. The second kappa shape index (κ2) is 3.90. The van der Waals surface area contributed by atoms with Crippen LogP contribution in [-0.4, -0.2) is 10.2 Å². The molecule has 1 heteroatoms. The summed E-state index contributed by atoms with van der Waals surface area (Å²) in [5.74, 6) is 0.697. The minimum absolute atomic E-state index is 0.542. The van der Waals surface area contributed by atoms with Crippen LogP contribution in [0.5, 0.6) is 0 Å². The van der Waals surface area contributed by atoms with Gasteiger partial charge in [-0.1, -0.05) is 26.0 Å². The highest BCUT2D eigenvalue weighted by Crippen LogP contribution is 2.13. The number of allylic oxidation sites excluding steroid dienone is 2. The molecule has 0 spiro atoms. The Morgan fingerprint density at radius 2 is 1.88 bits per heavy atom. The van der Waals surface area contributed by atoms with Gasteiger partial charge in [0, 0.05) is 10.2 Å². The molecule has 0 aliphatic carbocycles. The molecule has 8 heavy (non-hydrogen) atoms. The molecule has 0 aliphatic heterocycles. The summed E-state index contributed by atoms with van der Waals surface area (Å²) in [6, 6.07) is 0. The highest BCUT2D eigenvalue weighted by Gasteiger charge is 1.99. The molecule has 0 saturated carbocycles. The van der Waals surface area contributed by atoms with Crippen LogP contribution in [0.2, 0.25) is 5.54 Å². The van der Waals surface area contributed by atoms with E-state index in [2.05, 4.69) is 36.2 Å². The molecule has 0 heterocycles. The fourth-order valence-corrected chi connectivity index (χ4v) is 0.622. The van der Waals surface area contributed by atoms with E-state index in [9.17, 15) is 0 Å². The van der Waals surface area contributed by atoms with Crippen LogP contribution in [0.1, 0.15) is 20.8 Å². The average molecular weight is 125 g/mol. The van der Waals surface area contributed by atoms with E-state index in [-0.39, 0.29) is 0 Å². The monoisotopic (exact) mass is 125 g/mol. The molecule has 0 aromatic heterocycles. The summed E-state index contributed by atoms with van der Waals surface area (Å²) in [5, 5.41) is 0. The van der Waals surface area contributed by atoms with Crippen molar-refractivity contribution >= 4 is 10.2 Å². The maximum absolute atomic E-state index is 3.56. The Kier molecular flexibility index (Phi) is 3.88. The van der Waals surface area contributed by atoms with Crippen LogP contribution in [0.3, 0.4) is 0 Å². The fourth-order valence-electron chi connectivity index (χ4n) is 0.430. The van der Waals surface area contributed by atoms with Gasteiger partial charge in [-0.25, -0.2) is 0 Å². The van der Waals surface area contributed by atoms with Crippen LogP contribution in [0.4, 0.5) is 0 Å². The van der Waals surface area contributed by atoms with Crippen molar-refractivity contribution < 1.29 is 0 Å². The molecule has 3 radical (unpaired) electrons. The van der Waals surface area contributed by atoms with E-state index in [0.29, 0.717) is 11.5 Å². The first-order valence-electron chi connectivity index (χ1n) is 3.02. The first kappa shape index (κ1) is 7.96. The molecule has 1 atom stereocenters. The molecule has 0 nitrogen and oxygen atoms in total. The van der Waals surface area contributed by atoms with Gasteiger partial charge in [0.05, 0.1) is 0 Å². The van der Waals surface area contributed by atoms with E-state index in [1.807, 2.05) is 6.92 Å². The van der Waals surface area contributed by atoms with Crippen LogP contribution in [0.15, 0.2) is 12.2 Å². The van der Waals surface area contributed by atoms with Gasteiger partial charge in [0.1, 0.15) is 0 Å². The summed E-state index contributed by atoms with van der Waals surface area (Å²) in [5.41, 5.74) is 0.542. The van der Waals surface area contributed by atoms with Crippen molar-refractivity contribution in [3.05, 3.63) is 12.2 Å². The molecule has 0 fully saturated rings. The van der Waals surface area contributed by atoms with Gasteiger partial charge in [-0.3, -0.25) is 0 Å². The lowest BCUT2D eigenvalue weighted by atomic mass is 10.1. The van der Waals surface area contributed by atoms with Gasteiger partial charge < -0.3 is 0 Å². The second-order valence-corrected chi connectivity index (χ2v) is 2.96. The molecule has 0 amide bonds. The van der Waals surface area contributed by atoms with Crippen molar-refractivity contribution in [3.8, 4) is 0 Å². The van der Waals surface area contributed by atoms with Crippen molar-refractivity contribution in [3.63, 3.8) is 0 Å². The third kappa shape index (κ3) is 3.02.